The van der Waals surface area contributed by atoms with Gasteiger partial charge in [-0.3, -0.25) is 4.98 Å². The van der Waals surface area contributed by atoms with E-state index in [2.05, 4.69) is 9.97 Å². The van der Waals surface area contributed by atoms with Crippen molar-refractivity contribution < 1.29 is 14.9 Å². The van der Waals surface area contributed by atoms with Gasteiger partial charge in [-0.25, -0.2) is 0 Å². The van der Waals surface area contributed by atoms with E-state index in [-0.39, 0.29) is 13.2 Å². The highest BCUT2D eigenvalue weighted by molar-refractivity contribution is 6.30. The lowest BCUT2D eigenvalue weighted by Crippen LogP contribution is -2.35. The second-order valence-electron chi connectivity index (χ2n) is 5.99. The molecule has 2 aromatic rings. The number of ether oxygens (including phenoxy) is 1. The van der Waals surface area contributed by atoms with Crippen LogP contribution in [0.2, 0.25) is 5.02 Å². The van der Waals surface area contributed by atoms with Gasteiger partial charge in [0.1, 0.15) is 6.61 Å². The molecule has 0 aliphatic carbocycles. The lowest BCUT2D eigenvalue weighted by molar-refractivity contribution is 0.0637. The summed E-state index contributed by atoms with van der Waals surface area (Å²) < 4.78 is 5.29. The normalized spacial score (nSPS) is 20.4. The van der Waals surface area contributed by atoms with E-state index in [0.29, 0.717) is 42.7 Å². The van der Waals surface area contributed by atoms with Crippen LogP contribution in [0.3, 0.4) is 0 Å². The summed E-state index contributed by atoms with van der Waals surface area (Å²) in [5.41, 5.74) is 0.187. The minimum absolute atomic E-state index is 0.0744. The summed E-state index contributed by atoms with van der Waals surface area (Å²) >= 11 is 6.02. The maximum Gasteiger partial charge on any atom is 0.234 e. The van der Waals surface area contributed by atoms with Crippen molar-refractivity contribution in [3.63, 3.8) is 0 Å². The Kier molecular flexibility index (Phi) is 5.18. The fraction of sp³-hybridized carbons (Fsp3) is 0.412. The largest absolute Gasteiger partial charge is 0.474 e. The molecule has 1 atom stereocenters. The number of aliphatic hydroxyl groups is 2. The molecule has 128 valence electrons. The van der Waals surface area contributed by atoms with Crippen LogP contribution in [0.1, 0.15) is 12.0 Å². The molecule has 2 heterocycles. The van der Waals surface area contributed by atoms with Gasteiger partial charge < -0.3 is 19.8 Å². The first-order chi connectivity index (χ1) is 11.6. The predicted octanol–water partition coefficient (Wildman–Crippen LogP) is 1.68. The smallest absolute Gasteiger partial charge is 0.234 e. The van der Waals surface area contributed by atoms with Crippen molar-refractivity contribution in [2.75, 3.05) is 31.2 Å². The molecular weight excluding hydrogens is 330 g/mol. The topological polar surface area (TPSA) is 78.7 Å². The minimum atomic E-state index is -0.825. The van der Waals surface area contributed by atoms with Gasteiger partial charge in [0.2, 0.25) is 5.88 Å². The van der Waals surface area contributed by atoms with Crippen LogP contribution in [0.15, 0.2) is 36.7 Å². The summed E-state index contributed by atoms with van der Waals surface area (Å²) in [6, 6.07) is 7.56. The lowest BCUT2D eigenvalue weighted by Gasteiger charge is -2.24. The molecule has 24 heavy (non-hydrogen) atoms. The Labute approximate surface area is 145 Å². The number of benzene rings is 1. The van der Waals surface area contributed by atoms with Crippen LogP contribution in [0.25, 0.3) is 0 Å². The highest BCUT2D eigenvalue weighted by Crippen LogP contribution is 2.29. The van der Waals surface area contributed by atoms with Crippen LogP contribution in [0, 0.1) is 0 Å². The fourth-order valence-corrected chi connectivity index (χ4v) is 3.15. The number of rotatable bonds is 6. The van der Waals surface area contributed by atoms with Gasteiger partial charge in [0.25, 0.3) is 0 Å². The number of hydrogen-bond donors (Lipinski definition) is 2. The fourth-order valence-electron chi connectivity index (χ4n) is 2.93. The molecular formula is C17H20ClN3O3. The van der Waals surface area contributed by atoms with E-state index in [9.17, 15) is 5.11 Å². The molecule has 0 saturated carbocycles. The molecule has 0 amide bonds. The third-order valence-electron chi connectivity index (χ3n) is 4.02. The Balaban J connectivity index is 1.68. The molecule has 6 nitrogen and oxygen atoms in total. The zero-order valence-corrected chi connectivity index (χ0v) is 14.0. The zero-order valence-electron chi connectivity index (χ0n) is 13.2. The lowest BCUT2D eigenvalue weighted by atomic mass is 9.94. The van der Waals surface area contributed by atoms with E-state index < -0.39 is 5.60 Å². The van der Waals surface area contributed by atoms with Crippen molar-refractivity contribution in [3.05, 3.63) is 47.2 Å². The summed E-state index contributed by atoms with van der Waals surface area (Å²) in [5.74, 6) is 1.03. The molecule has 0 bridgehead atoms. The third-order valence-corrected chi connectivity index (χ3v) is 4.25. The Bertz CT molecular complexity index is 700. The quantitative estimate of drug-likeness (QED) is 0.826. The van der Waals surface area contributed by atoms with E-state index in [1.807, 2.05) is 29.2 Å². The number of aromatic nitrogens is 2. The number of nitrogens with zero attached hydrogens (tertiary/aromatic N) is 3. The van der Waals surface area contributed by atoms with Crippen molar-refractivity contribution in [2.45, 2.75) is 18.4 Å². The maximum absolute atomic E-state index is 10.9. The molecule has 1 aliphatic rings. The van der Waals surface area contributed by atoms with Crippen molar-refractivity contribution in [3.8, 4) is 5.88 Å². The van der Waals surface area contributed by atoms with E-state index in [1.54, 1.807) is 6.20 Å². The predicted molar refractivity (Wildman–Crippen MR) is 91.5 cm³/mol. The number of anilines is 1. The summed E-state index contributed by atoms with van der Waals surface area (Å²) in [4.78, 5) is 10.5. The van der Waals surface area contributed by atoms with Crippen molar-refractivity contribution >= 4 is 17.4 Å². The Morgan fingerprint density at radius 3 is 3.00 bits per heavy atom. The highest BCUT2D eigenvalue weighted by atomic mass is 35.5. The van der Waals surface area contributed by atoms with Crippen LogP contribution in [0.4, 0.5) is 5.82 Å². The molecule has 2 N–H and O–H groups in total. The van der Waals surface area contributed by atoms with Gasteiger partial charge in [-0.1, -0.05) is 23.7 Å². The summed E-state index contributed by atoms with van der Waals surface area (Å²) in [6.07, 6.45) is 4.34. The van der Waals surface area contributed by atoms with Crippen LogP contribution in [0.5, 0.6) is 5.88 Å². The van der Waals surface area contributed by atoms with E-state index in [0.717, 1.165) is 5.56 Å². The first-order valence-electron chi connectivity index (χ1n) is 7.85. The van der Waals surface area contributed by atoms with Crippen molar-refractivity contribution in [1.82, 2.24) is 9.97 Å². The van der Waals surface area contributed by atoms with Gasteiger partial charge in [0.05, 0.1) is 24.6 Å². The van der Waals surface area contributed by atoms with Crippen molar-refractivity contribution in [2.24, 2.45) is 0 Å². The highest BCUT2D eigenvalue weighted by Gasteiger charge is 2.37. The van der Waals surface area contributed by atoms with E-state index in [4.69, 9.17) is 21.4 Å². The van der Waals surface area contributed by atoms with Crippen LogP contribution in [-0.2, 0) is 6.42 Å². The second-order valence-corrected chi connectivity index (χ2v) is 6.43. The molecule has 0 spiro atoms. The van der Waals surface area contributed by atoms with E-state index >= 15 is 0 Å². The molecule has 1 fully saturated rings. The van der Waals surface area contributed by atoms with Gasteiger partial charge in [-0.15, -0.1) is 0 Å². The Hall–Kier alpha value is -1.89. The molecule has 3 rings (SSSR count). The summed E-state index contributed by atoms with van der Waals surface area (Å²) in [7, 11) is 0. The first kappa shape index (κ1) is 17.0. The van der Waals surface area contributed by atoms with Crippen LogP contribution < -0.4 is 9.64 Å². The molecule has 7 heteroatoms. The summed E-state index contributed by atoms with van der Waals surface area (Å²) in [5, 5.41) is 20.4. The first-order valence-corrected chi connectivity index (χ1v) is 8.23. The second kappa shape index (κ2) is 7.34. The minimum Gasteiger partial charge on any atom is -0.474 e. The Morgan fingerprint density at radius 1 is 1.33 bits per heavy atom. The van der Waals surface area contributed by atoms with E-state index in [1.165, 1.54) is 6.20 Å². The average Bonchev–Trinajstić information content (AvgIpc) is 2.95. The number of aliphatic hydroxyl groups excluding tert-OH is 1. The maximum atomic E-state index is 10.9. The third kappa shape index (κ3) is 4.14. The summed E-state index contributed by atoms with van der Waals surface area (Å²) in [6.45, 7) is 1.26. The molecule has 1 aliphatic heterocycles. The number of halogens is 1. The zero-order chi connectivity index (χ0) is 17.0. The average molecular weight is 350 g/mol. The Morgan fingerprint density at radius 2 is 2.21 bits per heavy atom. The van der Waals surface area contributed by atoms with Crippen LogP contribution >= 0.6 is 11.6 Å². The van der Waals surface area contributed by atoms with Gasteiger partial charge in [0, 0.05) is 24.5 Å². The van der Waals surface area contributed by atoms with Crippen molar-refractivity contribution in [1.29, 1.82) is 0 Å². The number of hydrogen-bond acceptors (Lipinski definition) is 6. The molecule has 1 saturated heterocycles. The standard InChI is InChI=1S/C17H20ClN3O3/c18-14-3-1-2-13(8-14)9-17(23)4-5-21(12-17)15-10-19-11-16(20-15)24-7-6-22/h1-3,8,10-11,22-23H,4-7,9,12H2. The van der Waals surface area contributed by atoms with Gasteiger partial charge >= 0.3 is 0 Å². The van der Waals surface area contributed by atoms with Gasteiger partial charge in [0.15, 0.2) is 5.82 Å². The molecule has 0 radical (unpaired) electrons. The molecule has 1 unspecified atom stereocenters. The SMILES string of the molecule is OCCOc1cncc(N2CCC(O)(Cc3cccc(Cl)c3)C2)n1. The van der Waals surface area contributed by atoms with Gasteiger partial charge in [-0.05, 0) is 24.1 Å². The molecule has 1 aromatic heterocycles. The van der Waals surface area contributed by atoms with Crippen LogP contribution in [-0.4, -0.2) is 52.1 Å². The molecule has 1 aromatic carbocycles. The monoisotopic (exact) mass is 349 g/mol. The number of β-amino-alcohol motifs (C(OH)–C–C–N with tert-alkyl or cyclic N) is 1. The van der Waals surface area contributed by atoms with Gasteiger partial charge in [-0.2, -0.15) is 4.98 Å².